The standard InChI is InChI=1S/C23H26ClFN2O4/c1-4-6-16-12(2)19(14-7-5-8-15(24)20(14)25)21(26-16)22(28)27-17-10-9-13(23(29)30)11-18(17)31-3/h5,7-12,16,19,21,26H,4,6H2,1-3H3,(H,27,28)(H,29,30)/t12?,16?,19?,21-/m1/s1. The van der Waals surface area contributed by atoms with Crippen LogP contribution in [0.25, 0.3) is 0 Å². The van der Waals surface area contributed by atoms with Crippen molar-refractivity contribution < 1.29 is 23.8 Å². The molecule has 1 fully saturated rings. The van der Waals surface area contributed by atoms with Crippen molar-refractivity contribution in [3.63, 3.8) is 0 Å². The Morgan fingerprint density at radius 2 is 2.03 bits per heavy atom. The van der Waals surface area contributed by atoms with Crippen LogP contribution in [-0.4, -0.2) is 36.2 Å². The van der Waals surface area contributed by atoms with Crippen LogP contribution in [0.1, 0.15) is 48.5 Å². The molecule has 0 aromatic heterocycles. The molecule has 1 amide bonds. The summed E-state index contributed by atoms with van der Waals surface area (Å²) in [6.45, 7) is 4.07. The van der Waals surface area contributed by atoms with E-state index in [0.717, 1.165) is 12.8 Å². The summed E-state index contributed by atoms with van der Waals surface area (Å²) in [5.41, 5.74) is 0.792. The van der Waals surface area contributed by atoms with Crippen LogP contribution in [-0.2, 0) is 4.79 Å². The van der Waals surface area contributed by atoms with Gasteiger partial charge in [-0.1, -0.05) is 44.0 Å². The normalized spacial score (nSPS) is 22.9. The monoisotopic (exact) mass is 448 g/mol. The number of benzene rings is 2. The number of rotatable bonds is 7. The van der Waals surface area contributed by atoms with Crippen LogP contribution >= 0.6 is 11.6 Å². The number of halogens is 2. The molecule has 8 heteroatoms. The third kappa shape index (κ3) is 4.67. The van der Waals surface area contributed by atoms with E-state index in [1.165, 1.54) is 31.4 Å². The first-order valence-electron chi connectivity index (χ1n) is 10.2. The Hall–Kier alpha value is -2.64. The van der Waals surface area contributed by atoms with Crippen molar-refractivity contribution in [2.24, 2.45) is 5.92 Å². The van der Waals surface area contributed by atoms with E-state index in [9.17, 15) is 14.0 Å². The lowest BCUT2D eigenvalue weighted by atomic mass is 9.81. The number of carbonyl (C=O) groups excluding carboxylic acids is 1. The Bertz CT molecular complexity index is 984. The highest BCUT2D eigenvalue weighted by molar-refractivity contribution is 6.30. The van der Waals surface area contributed by atoms with E-state index in [2.05, 4.69) is 17.6 Å². The summed E-state index contributed by atoms with van der Waals surface area (Å²) in [4.78, 5) is 24.5. The third-order valence-electron chi connectivity index (χ3n) is 5.88. The number of amides is 1. The minimum atomic E-state index is -1.10. The van der Waals surface area contributed by atoms with Gasteiger partial charge in [0.25, 0.3) is 0 Å². The molecule has 3 N–H and O–H groups in total. The number of anilines is 1. The predicted molar refractivity (Wildman–Crippen MR) is 118 cm³/mol. The molecule has 3 rings (SSSR count). The highest BCUT2D eigenvalue weighted by Gasteiger charge is 2.45. The molecule has 1 aliphatic heterocycles. The van der Waals surface area contributed by atoms with Gasteiger partial charge in [-0.15, -0.1) is 0 Å². The van der Waals surface area contributed by atoms with Gasteiger partial charge < -0.3 is 20.5 Å². The Labute approximate surface area is 185 Å². The minimum Gasteiger partial charge on any atom is -0.495 e. The number of aromatic carboxylic acids is 1. The van der Waals surface area contributed by atoms with Crippen LogP contribution in [0.2, 0.25) is 5.02 Å². The number of hydrogen-bond acceptors (Lipinski definition) is 4. The maximum Gasteiger partial charge on any atom is 0.335 e. The van der Waals surface area contributed by atoms with Gasteiger partial charge in [-0.25, -0.2) is 9.18 Å². The molecule has 3 unspecified atom stereocenters. The van der Waals surface area contributed by atoms with Crippen LogP contribution in [0.15, 0.2) is 36.4 Å². The molecule has 6 nitrogen and oxygen atoms in total. The summed E-state index contributed by atoms with van der Waals surface area (Å²) in [7, 11) is 1.40. The first-order chi connectivity index (χ1) is 14.8. The van der Waals surface area contributed by atoms with E-state index in [0.29, 0.717) is 11.3 Å². The molecule has 0 spiro atoms. The number of hydrogen-bond donors (Lipinski definition) is 3. The number of carbonyl (C=O) groups is 2. The van der Waals surface area contributed by atoms with E-state index in [1.807, 2.05) is 6.92 Å². The summed E-state index contributed by atoms with van der Waals surface area (Å²) >= 11 is 6.01. The van der Waals surface area contributed by atoms with Crippen molar-refractivity contribution in [1.82, 2.24) is 5.32 Å². The van der Waals surface area contributed by atoms with Crippen LogP contribution < -0.4 is 15.4 Å². The van der Waals surface area contributed by atoms with Crippen LogP contribution in [0, 0.1) is 11.7 Å². The van der Waals surface area contributed by atoms with Gasteiger partial charge in [0.05, 0.1) is 29.4 Å². The van der Waals surface area contributed by atoms with Gasteiger partial charge in [0.1, 0.15) is 11.6 Å². The second-order valence-electron chi connectivity index (χ2n) is 7.78. The summed E-state index contributed by atoms with van der Waals surface area (Å²) < 4.78 is 20.1. The van der Waals surface area contributed by atoms with Crippen molar-refractivity contribution >= 4 is 29.2 Å². The van der Waals surface area contributed by atoms with E-state index in [1.54, 1.807) is 12.1 Å². The molecular weight excluding hydrogens is 423 g/mol. The number of ether oxygens (including phenoxy) is 1. The average Bonchev–Trinajstić information content (AvgIpc) is 3.06. The molecule has 0 radical (unpaired) electrons. The van der Waals surface area contributed by atoms with Crippen molar-refractivity contribution in [3.05, 3.63) is 58.4 Å². The van der Waals surface area contributed by atoms with Crippen molar-refractivity contribution in [3.8, 4) is 5.75 Å². The molecule has 2 aromatic rings. The second kappa shape index (κ2) is 9.66. The lowest BCUT2D eigenvalue weighted by molar-refractivity contribution is -0.118. The average molecular weight is 449 g/mol. The zero-order chi connectivity index (χ0) is 22.7. The topological polar surface area (TPSA) is 87.7 Å². The zero-order valence-electron chi connectivity index (χ0n) is 17.6. The summed E-state index contributed by atoms with van der Waals surface area (Å²) in [5, 5.41) is 15.4. The first-order valence-corrected chi connectivity index (χ1v) is 10.6. The lowest BCUT2D eigenvalue weighted by Gasteiger charge is -2.24. The fourth-order valence-corrected chi connectivity index (χ4v) is 4.50. The maximum atomic E-state index is 14.9. The molecular formula is C23H26ClFN2O4. The Morgan fingerprint density at radius 1 is 1.29 bits per heavy atom. The van der Waals surface area contributed by atoms with Gasteiger partial charge >= 0.3 is 5.97 Å². The molecule has 31 heavy (non-hydrogen) atoms. The van der Waals surface area contributed by atoms with E-state index in [4.69, 9.17) is 21.4 Å². The highest BCUT2D eigenvalue weighted by atomic mass is 35.5. The zero-order valence-corrected chi connectivity index (χ0v) is 18.4. The molecule has 0 bridgehead atoms. The fraction of sp³-hybridized carbons (Fsp3) is 0.391. The Kier molecular flexibility index (Phi) is 7.18. The minimum absolute atomic E-state index is 0.0000476. The number of carboxylic acids is 1. The largest absolute Gasteiger partial charge is 0.495 e. The van der Waals surface area contributed by atoms with E-state index >= 15 is 0 Å². The molecule has 2 aromatic carbocycles. The second-order valence-corrected chi connectivity index (χ2v) is 8.18. The quantitative estimate of drug-likeness (QED) is 0.572. The molecule has 4 atom stereocenters. The maximum absolute atomic E-state index is 14.9. The number of methoxy groups -OCH3 is 1. The number of carboxylic acid groups (broad SMARTS) is 1. The van der Waals surface area contributed by atoms with Crippen molar-refractivity contribution in [1.29, 1.82) is 0 Å². The summed E-state index contributed by atoms with van der Waals surface area (Å²) in [6, 6.07) is 8.40. The first kappa shape index (κ1) is 23.0. The smallest absolute Gasteiger partial charge is 0.335 e. The summed E-state index contributed by atoms with van der Waals surface area (Å²) in [5.74, 6) is -2.15. The highest BCUT2D eigenvalue weighted by Crippen LogP contribution is 2.40. The Morgan fingerprint density at radius 3 is 2.68 bits per heavy atom. The fourth-order valence-electron chi connectivity index (χ4n) is 4.31. The van der Waals surface area contributed by atoms with Crippen molar-refractivity contribution in [2.75, 3.05) is 12.4 Å². The van der Waals surface area contributed by atoms with Gasteiger partial charge in [-0.05, 0) is 42.2 Å². The van der Waals surface area contributed by atoms with Gasteiger partial charge in [0.2, 0.25) is 5.91 Å². The van der Waals surface area contributed by atoms with E-state index < -0.39 is 23.7 Å². The molecule has 0 aliphatic carbocycles. The summed E-state index contributed by atoms with van der Waals surface area (Å²) in [6.07, 6.45) is 1.77. The van der Waals surface area contributed by atoms with Gasteiger partial charge in [0.15, 0.2) is 0 Å². The van der Waals surface area contributed by atoms with E-state index in [-0.39, 0.29) is 34.2 Å². The van der Waals surface area contributed by atoms with Crippen LogP contribution in [0.5, 0.6) is 5.75 Å². The molecule has 0 saturated carbocycles. The number of nitrogens with one attached hydrogen (secondary N) is 2. The molecule has 1 heterocycles. The van der Waals surface area contributed by atoms with Crippen LogP contribution in [0.3, 0.4) is 0 Å². The molecule has 1 aliphatic rings. The lowest BCUT2D eigenvalue weighted by Crippen LogP contribution is -2.41. The third-order valence-corrected chi connectivity index (χ3v) is 6.17. The Balaban J connectivity index is 1.94. The van der Waals surface area contributed by atoms with Crippen molar-refractivity contribution in [2.45, 2.75) is 44.7 Å². The van der Waals surface area contributed by atoms with Gasteiger partial charge in [-0.3, -0.25) is 4.79 Å². The van der Waals surface area contributed by atoms with Gasteiger partial charge in [-0.2, -0.15) is 0 Å². The van der Waals surface area contributed by atoms with Gasteiger partial charge in [0, 0.05) is 12.0 Å². The predicted octanol–water partition coefficient (Wildman–Crippen LogP) is 4.68. The molecule has 166 valence electrons. The molecule has 1 saturated heterocycles. The SMILES string of the molecule is CCCC1N[C@@H](C(=O)Nc2ccc(C(=O)O)cc2OC)C(c2cccc(Cl)c2F)C1C. The van der Waals surface area contributed by atoms with Crippen LogP contribution in [0.4, 0.5) is 10.1 Å².